The quantitative estimate of drug-likeness (QED) is 0.433. The van der Waals surface area contributed by atoms with Crippen molar-refractivity contribution in [1.82, 2.24) is 14.3 Å². The molecule has 1 aromatic heterocycles. The van der Waals surface area contributed by atoms with Crippen LogP contribution in [0.3, 0.4) is 0 Å². The van der Waals surface area contributed by atoms with Crippen molar-refractivity contribution < 1.29 is 8.42 Å². The molecule has 1 aliphatic rings. The summed E-state index contributed by atoms with van der Waals surface area (Å²) in [5.74, 6) is 1.78. The van der Waals surface area contributed by atoms with Gasteiger partial charge in [-0.05, 0) is 38.0 Å². The fraction of sp³-hybridized carbons (Fsp3) is 0.360. The Morgan fingerprint density at radius 3 is 2.18 bits per heavy atom. The Bertz CT molecular complexity index is 1300. The van der Waals surface area contributed by atoms with Gasteiger partial charge in [-0.3, -0.25) is 0 Å². The molecule has 0 aliphatic carbocycles. The van der Waals surface area contributed by atoms with E-state index in [0.29, 0.717) is 37.0 Å². The zero-order chi connectivity index (χ0) is 24.6. The molecule has 4 rings (SSSR count). The van der Waals surface area contributed by atoms with Gasteiger partial charge in [-0.1, -0.05) is 66.9 Å². The highest BCUT2D eigenvalue weighted by Gasteiger charge is 2.32. The van der Waals surface area contributed by atoms with E-state index in [9.17, 15) is 8.42 Å². The third-order valence-electron chi connectivity index (χ3n) is 6.05. The number of benzene rings is 2. The van der Waals surface area contributed by atoms with E-state index >= 15 is 0 Å². The van der Waals surface area contributed by atoms with Gasteiger partial charge in [0.15, 0.2) is 5.82 Å². The van der Waals surface area contributed by atoms with Crippen molar-refractivity contribution in [2.45, 2.75) is 38.5 Å². The second-order valence-corrected chi connectivity index (χ2v) is 11.6. The number of anilines is 1. The van der Waals surface area contributed by atoms with E-state index in [2.05, 4.69) is 30.9 Å². The summed E-state index contributed by atoms with van der Waals surface area (Å²) in [5, 5.41) is 0.506. The van der Waals surface area contributed by atoms with Gasteiger partial charge in [0, 0.05) is 48.0 Å². The van der Waals surface area contributed by atoms with E-state index < -0.39 is 10.0 Å². The minimum Gasteiger partial charge on any atom is -0.354 e. The van der Waals surface area contributed by atoms with Gasteiger partial charge in [0.2, 0.25) is 10.0 Å². The summed E-state index contributed by atoms with van der Waals surface area (Å²) in [7, 11) is -3.75. The van der Waals surface area contributed by atoms with Crippen LogP contribution in [0.4, 0.5) is 5.82 Å². The Morgan fingerprint density at radius 1 is 0.912 bits per heavy atom. The van der Waals surface area contributed by atoms with Crippen molar-refractivity contribution in [1.29, 1.82) is 0 Å². The van der Waals surface area contributed by atoms with Crippen molar-refractivity contribution >= 4 is 39.0 Å². The molecular formula is C25H28Cl2N4O2S. The lowest BCUT2D eigenvalue weighted by Crippen LogP contribution is -2.49. The van der Waals surface area contributed by atoms with E-state index in [-0.39, 0.29) is 15.8 Å². The Kier molecular flexibility index (Phi) is 7.20. The Labute approximate surface area is 211 Å². The summed E-state index contributed by atoms with van der Waals surface area (Å²) >= 11 is 12.2. The molecule has 34 heavy (non-hydrogen) atoms. The number of hydrogen-bond acceptors (Lipinski definition) is 5. The highest BCUT2D eigenvalue weighted by atomic mass is 35.5. The van der Waals surface area contributed by atoms with Crippen molar-refractivity contribution in [3.8, 4) is 11.4 Å². The molecule has 6 nitrogen and oxygen atoms in total. The number of hydrogen-bond donors (Lipinski definition) is 0. The van der Waals surface area contributed by atoms with Gasteiger partial charge in [0.1, 0.15) is 10.7 Å². The average Bonchev–Trinajstić information content (AvgIpc) is 2.80. The molecule has 2 heterocycles. The summed E-state index contributed by atoms with van der Waals surface area (Å²) in [6.45, 7) is 10.00. The van der Waals surface area contributed by atoms with E-state index in [1.165, 1.54) is 22.0 Å². The number of halogens is 2. The second kappa shape index (κ2) is 9.82. The third-order valence-corrected chi connectivity index (χ3v) is 8.67. The summed E-state index contributed by atoms with van der Waals surface area (Å²) < 4.78 is 27.9. The highest BCUT2D eigenvalue weighted by Crippen LogP contribution is 2.33. The number of aromatic nitrogens is 2. The van der Waals surface area contributed by atoms with E-state index in [4.69, 9.17) is 33.2 Å². The lowest BCUT2D eigenvalue weighted by molar-refractivity contribution is 0.383. The van der Waals surface area contributed by atoms with Crippen molar-refractivity contribution in [2.75, 3.05) is 31.1 Å². The zero-order valence-corrected chi connectivity index (χ0v) is 22.0. The molecule has 0 spiro atoms. The van der Waals surface area contributed by atoms with Crippen LogP contribution in [0.2, 0.25) is 10.0 Å². The number of nitrogens with zero attached hydrogens (tertiary/aromatic N) is 4. The third kappa shape index (κ3) is 4.93. The number of sulfonamides is 1. The summed E-state index contributed by atoms with van der Waals surface area (Å²) in [4.78, 5) is 11.9. The fourth-order valence-electron chi connectivity index (χ4n) is 4.27. The molecule has 0 saturated carbocycles. The van der Waals surface area contributed by atoms with Crippen LogP contribution in [0.5, 0.6) is 0 Å². The van der Waals surface area contributed by atoms with Crippen LogP contribution >= 0.6 is 23.2 Å². The van der Waals surface area contributed by atoms with Gasteiger partial charge in [0.05, 0.1) is 5.02 Å². The van der Waals surface area contributed by atoms with Gasteiger partial charge in [-0.25, -0.2) is 18.4 Å². The highest BCUT2D eigenvalue weighted by molar-refractivity contribution is 7.89. The second-order valence-electron chi connectivity index (χ2n) is 8.86. The lowest BCUT2D eigenvalue weighted by atomic mass is 10.0. The maximum Gasteiger partial charge on any atom is 0.244 e. The molecule has 2 aromatic carbocycles. The van der Waals surface area contributed by atoms with E-state index in [1.807, 2.05) is 26.0 Å². The summed E-state index contributed by atoms with van der Waals surface area (Å²) in [5.41, 5.74) is 4.17. The van der Waals surface area contributed by atoms with Crippen molar-refractivity contribution in [2.24, 2.45) is 0 Å². The molecule has 0 radical (unpaired) electrons. The normalized spacial score (nSPS) is 15.2. The van der Waals surface area contributed by atoms with Crippen LogP contribution in [0.1, 0.15) is 36.6 Å². The van der Waals surface area contributed by atoms with Gasteiger partial charge in [-0.2, -0.15) is 4.31 Å². The summed E-state index contributed by atoms with van der Waals surface area (Å²) in [6, 6.07) is 12.7. The Morgan fingerprint density at radius 2 is 1.56 bits per heavy atom. The molecule has 0 bridgehead atoms. The first kappa shape index (κ1) is 24.9. The van der Waals surface area contributed by atoms with Gasteiger partial charge >= 0.3 is 0 Å². The standard InChI is InChI=1S/C25H28Cl2N4O2S/c1-16(2)23-18(4)28-24(19-7-5-17(3)6-8-19)29-25(23)30-11-13-31(14-12-30)34(32,33)22-15-20(26)9-10-21(22)27/h5-10,15-16H,11-14H2,1-4H3. The molecule has 180 valence electrons. The van der Waals surface area contributed by atoms with E-state index in [0.717, 1.165) is 22.6 Å². The maximum atomic E-state index is 13.2. The predicted octanol–water partition coefficient (Wildman–Crippen LogP) is 5.70. The smallest absolute Gasteiger partial charge is 0.244 e. The number of piperazine rings is 1. The van der Waals surface area contributed by atoms with Crippen LogP contribution in [0, 0.1) is 13.8 Å². The van der Waals surface area contributed by atoms with Crippen LogP contribution in [0.15, 0.2) is 47.4 Å². The number of aryl methyl sites for hydroxylation is 2. The summed E-state index contributed by atoms with van der Waals surface area (Å²) in [6.07, 6.45) is 0. The van der Waals surface area contributed by atoms with Crippen LogP contribution in [0.25, 0.3) is 11.4 Å². The maximum absolute atomic E-state index is 13.2. The molecule has 3 aromatic rings. The first-order valence-corrected chi connectivity index (χ1v) is 13.4. The van der Waals surface area contributed by atoms with E-state index in [1.54, 1.807) is 6.07 Å². The predicted molar refractivity (Wildman–Crippen MR) is 138 cm³/mol. The van der Waals surface area contributed by atoms with Gasteiger partial charge in [-0.15, -0.1) is 0 Å². The van der Waals surface area contributed by atoms with Crippen molar-refractivity contribution in [3.63, 3.8) is 0 Å². The molecule has 0 N–H and O–H groups in total. The zero-order valence-electron chi connectivity index (χ0n) is 19.7. The van der Waals surface area contributed by atoms with Gasteiger partial charge < -0.3 is 4.90 Å². The SMILES string of the molecule is Cc1ccc(-c2nc(C)c(C(C)C)c(N3CCN(S(=O)(=O)c4cc(Cl)ccc4Cl)CC3)n2)cc1. The molecule has 1 aliphatic heterocycles. The van der Waals surface area contributed by atoms with Crippen molar-refractivity contribution in [3.05, 3.63) is 69.3 Å². The minimum absolute atomic E-state index is 0.0394. The molecule has 0 amide bonds. The molecule has 1 fully saturated rings. The molecule has 0 unspecified atom stereocenters. The van der Waals surface area contributed by atoms with Crippen LogP contribution < -0.4 is 4.90 Å². The fourth-order valence-corrected chi connectivity index (χ4v) is 6.43. The number of rotatable bonds is 5. The first-order valence-electron chi connectivity index (χ1n) is 11.2. The van der Waals surface area contributed by atoms with Crippen LogP contribution in [-0.4, -0.2) is 48.9 Å². The average molecular weight is 519 g/mol. The lowest BCUT2D eigenvalue weighted by Gasteiger charge is -2.36. The van der Waals surface area contributed by atoms with Crippen LogP contribution in [-0.2, 0) is 10.0 Å². The molecule has 1 saturated heterocycles. The molecular weight excluding hydrogens is 491 g/mol. The topological polar surface area (TPSA) is 66.4 Å². The Balaban J connectivity index is 1.63. The first-order chi connectivity index (χ1) is 16.1. The minimum atomic E-state index is -3.75. The molecule has 0 atom stereocenters. The van der Waals surface area contributed by atoms with Gasteiger partial charge in [0.25, 0.3) is 0 Å². The largest absolute Gasteiger partial charge is 0.354 e. The molecule has 9 heteroatoms. The monoisotopic (exact) mass is 518 g/mol. The Hall–Kier alpha value is -2.19.